The molecule has 2 N–H and O–H groups in total. The average molecular weight is 374 g/mol. The highest BCUT2D eigenvalue weighted by molar-refractivity contribution is 8.76. The highest BCUT2D eigenvalue weighted by atomic mass is 33.1. The lowest BCUT2D eigenvalue weighted by atomic mass is 10.1. The minimum atomic E-state index is -1.10. The SMILES string of the molecule is CC(C)(N=[N+]=[N-])C(=O)NCCSSCCNC(=O)C(C)(C)N=[N+]=[N-]. The largest absolute Gasteiger partial charge is 0.355 e. The first-order valence-electron chi connectivity index (χ1n) is 7.11. The van der Waals surface area contributed by atoms with E-state index in [1.54, 1.807) is 49.3 Å². The molecule has 0 spiro atoms. The lowest BCUT2D eigenvalue weighted by Gasteiger charge is -2.17. The molecule has 0 aromatic carbocycles. The first-order valence-corrected chi connectivity index (χ1v) is 9.59. The first-order chi connectivity index (χ1) is 11.2. The van der Waals surface area contributed by atoms with Crippen LogP contribution in [0, 0.1) is 0 Å². The Kier molecular flexibility index (Phi) is 10.1. The maximum Gasteiger partial charge on any atom is 0.231 e. The van der Waals surface area contributed by atoms with Crippen LogP contribution < -0.4 is 10.6 Å². The summed E-state index contributed by atoms with van der Waals surface area (Å²) < 4.78 is 0. The van der Waals surface area contributed by atoms with Crippen LogP contribution in [0.2, 0.25) is 0 Å². The van der Waals surface area contributed by atoms with Crippen LogP contribution in [0.1, 0.15) is 27.7 Å². The zero-order valence-electron chi connectivity index (χ0n) is 14.1. The molecular formula is C12H22N8O2S2. The quantitative estimate of drug-likeness (QED) is 0.187. The number of azide groups is 2. The minimum absolute atomic E-state index is 0.321. The zero-order valence-corrected chi connectivity index (χ0v) is 15.8. The third kappa shape index (κ3) is 8.78. The van der Waals surface area contributed by atoms with Crippen molar-refractivity contribution in [3.63, 3.8) is 0 Å². The number of hydrogen-bond acceptors (Lipinski definition) is 6. The Morgan fingerprint density at radius 1 is 0.875 bits per heavy atom. The van der Waals surface area contributed by atoms with E-state index in [0.29, 0.717) is 24.6 Å². The van der Waals surface area contributed by atoms with Gasteiger partial charge in [-0.3, -0.25) is 9.59 Å². The van der Waals surface area contributed by atoms with Crippen molar-refractivity contribution in [3.8, 4) is 0 Å². The normalized spacial score (nSPS) is 11.0. The Labute approximate surface area is 148 Å². The molecule has 0 atom stereocenters. The van der Waals surface area contributed by atoms with E-state index in [0.717, 1.165) is 0 Å². The molecule has 0 aromatic rings. The van der Waals surface area contributed by atoms with Crippen molar-refractivity contribution in [2.24, 2.45) is 10.2 Å². The Morgan fingerprint density at radius 3 is 1.50 bits per heavy atom. The molecule has 0 aliphatic carbocycles. The summed E-state index contributed by atoms with van der Waals surface area (Å²) in [6.45, 7) is 7.10. The summed E-state index contributed by atoms with van der Waals surface area (Å²) >= 11 is 0. The van der Waals surface area contributed by atoms with E-state index in [1.165, 1.54) is 0 Å². The van der Waals surface area contributed by atoms with Crippen molar-refractivity contribution in [2.75, 3.05) is 24.6 Å². The standard InChI is InChI=1S/C12H22N8O2S2/c1-11(2,17-19-13)9(21)15-5-7-23-24-8-6-16-10(22)12(3,4)18-20-14/h5-8H2,1-4H3,(H,15,21)(H,16,22). The molecule has 0 aliphatic heterocycles. The van der Waals surface area contributed by atoms with Gasteiger partial charge in [-0.2, -0.15) is 0 Å². The predicted octanol–water partition coefficient (Wildman–Crippen LogP) is 2.78. The van der Waals surface area contributed by atoms with Gasteiger partial charge in [0, 0.05) is 34.4 Å². The average Bonchev–Trinajstić information content (AvgIpc) is 2.49. The van der Waals surface area contributed by atoms with Crippen molar-refractivity contribution in [1.29, 1.82) is 0 Å². The number of nitrogens with zero attached hydrogens (tertiary/aromatic N) is 6. The summed E-state index contributed by atoms with van der Waals surface area (Å²) in [4.78, 5) is 28.8. The van der Waals surface area contributed by atoms with Gasteiger partial charge in [-0.25, -0.2) is 0 Å². The summed E-state index contributed by atoms with van der Waals surface area (Å²) in [7, 11) is 3.11. The van der Waals surface area contributed by atoms with Crippen LogP contribution in [0.25, 0.3) is 20.9 Å². The molecule has 2 amide bonds. The van der Waals surface area contributed by atoms with Crippen LogP contribution in [-0.2, 0) is 9.59 Å². The third-order valence-electron chi connectivity index (χ3n) is 2.73. The Hall–Kier alpha value is -1.74. The van der Waals surface area contributed by atoms with E-state index in [-0.39, 0.29) is 11.8 Å². The second-order valence-electron chi connectivity index (χ2n) is 5.65. The molecule has 0 saturated carbocycles. The summed E-state index contributed by atoms with van der Waals surface area (Å²) in [5, 5.41) is 12.3. The highest BCUT2D eigenvalue weighted by Crippen LogP contribution is 2.19. The Morgan fingerprint density at radius 2 is 1.21 bits per heavy atom. The van der Waals surface area contributed by atoms with E-state index in [2.05, 4.69) is 30.7 Å². The number of carbonyl (C=O) groups is 2. The van der Waals surface area contributed by atoms with Gasteiger partial charge in [0.25, 0.3) is 0 Å². The topological polar surface area (TPSA) is 156 Å². The van der Waals surface area contributed by atoms with Gasteiger partial charge in [-0.05, 0) is 38.8 Å². The molecule has 0 heterocycles. The maximum absolute atomic E-state index is 11.7. The number of rotatable bonds is 11. The van der Waals surface area contributed by atoms with Crippen LogP contribution in [-0.4, -0.2) is 47.5 Å². The van der Waals surface area contributed by atoms with Crippen LogP contribution in [0.5, 0.6) is 0 Å². The summed E-state index contributed by atoms with van der Waals surface area (Å²) in [6.07, 6.45) is 0. The molecular weight excluding hydrogens is 352 g/mol. The van der Waals surface area contributed by atoms with Crippen LogP contribution in [0.15, 0.2) is 10.2 Å². The molecule has 24 heavy (non-hydrogen) atoms. The molecule has 0 saturated heterocycles. The van der Waals surface area contributed by atoms with E-state index < -0.39 is 11.1 Å². The van der Waals surface area contributed by atoms with Crippen LogP contribution >= 0.6 is 21.6 Å². The lowest BCUT2D eigenvalue weighted by Crippen LogP contribution is -2.41. The molecule has 0 radical (unpaired) electrons. The van der Waals surface area contributed by atoms with Crippen molar-refractivity contribution >= 4 is 33.4 Å². The molecule has 134 valence electrons. The fourth-order valence-corrected chi connectivity index (χ4v) is 3.09. The van der Waals surface area contributed by atoms with Crippen LogP contribution in [0.4, 0.5) is 0 Å². The molecule has 10 nitrogen and oxygen atoms in total. The summed E-state index contributed by atoms with van der Waals surface area (Å²) in [5.41, 5.74) is 14.6. The molecule has 0 rings (SSSR count). The van der Waals surface area contributed by atoms with Gasteiger partial charge in [-0.15, -0.1) is 0 Å². The predicted molar refractivity (Wildman–Crippen MR) is 97.4 cm³/mol. The van der Waals surface area contributed by atoms with E-state index in [4.69, 9.17) is 11.1 Å². The molecule has 0 unspecified atom stereocenters. The maximum atomic E-state index is 11.7. The minimum Gasteiger partial charge on any atom is -0.355 e. The second kappa shape index (κ2) is 10.9. The zero-order chi connectivity index (χ0) is 18.6. The number of carbonyl (C=O) groups excluding carboxylic acids is 2. The molecule has 12 heteroatoms. The van der Waals surface area contributed by atoms with E-state index in [1.807, 2.05) is 0 Å². The van der Waals surface area contributed by atoms with Gasteiger partial charge >= 0.3 is 0 Å². The second-order valence-corrected chi connectivity index (χ2v) is 8.35. The van der Waals surface area contributed by atoms with Gasteiger partial charge in [0.15, 0.2) is 0 Å². The van der Waals surface area contributed by atoms with Gasteiger partial charge in [0.1, 0.15) is 11.1 Å². The van der Waals surface area contributed by atoms with Gasteiger partial charge in [0.05, 0.1) is 0 Å². The van der Waals surface area contributed by atoms with Crippen molar-refractivity contribution in [1.82, 2.24) is 10.6 Å². The lowest BCUT2D eigenvalue weighted by molar-refractivity contribution is -0.125. The smallest absolute Gasteiger partial charge is 0.231 e. The van der Waals surface area contributed by atoms with E-state index in [9.17, 15) is 9.59 Å². The van der Waals surface area contributed by atoms with Crippen molar-refractivity contribution in [2.45, 2.75) is 38.8 Å². The monoisotopic (exact) mass is 374 g/mol. The molecule has 0 bridgehead atoms. The summed E-state index contributed by atoms with van der Waals surface area (Å²) in [6, 6.07) is 0. The van der Waals surface area contributed by atoms with Crippen LogP contribution in [0.3, 0.4) is 0 Å². The number of amides is 2. The first kappa shape index (κ1) is 22.3. The number of nitrogens with one attached hydrogen (secondary N) is 2. The number of hydrogen-bond donors (Lipinski definition) is 2. The van der Waals surface area contributed by atoms with E-state index >= 15 is 0 Å². The summed E-state index contributed by atoms with van der Waals surface area (Å²) in [5.74, 6) is 0.721. The highest BCUT2D eigenvalue weighted by Gasteiger charge is 2.26. The Bertz CT molecular complexity index is 491. The third-order valence-corrected chi connectivity index (χ3v) is 5.13. The molecule has 0 aromatic heterocycles. The fraction of sp³-hybridized carbons (Fsp3) is 0.833. The van der Waals surface area contributed by atoms with Gasteiger partial charge in [0.2, 0.25) is 11.8 Å². The van der Waals surface area contributed by atoms with Gasteiger partial charge < -0.3 is 10.6 Å². The fourth-order valence-electron chi connectivity index (χ4n) is 1.28. The van der Waals surface area contributed by atoms with Crippen molar-refractivity contribution in [3.05, 3.63) is 20.9 Å². The molecule has 0 fully saturated rings. The Balaban J connectivity index is 3.79. The van der Waals surface area contributed by atoms with Crippen molar-refractivity contribution < 1.29 is 9.59 Å². The molecule has 0 aliphatic rings. The van der Waals surface area contributed by atoms with Gasteiger partial charge in [-0.1, -0.05) is 31.8 Å².